The van der Waals surface area contributed by atoms with Gasteiger partial charge in [0.05, 0.1) is 13.7 Å². The summed E-state index contributed by atoms with van der Waals surface area (Å²) in [5.41, 5.74) is 3.41. The summed E-state index contributed by atoms with van der Waals surface area (Å²) < 4.78 is 5.55. The monoisotopic (exact) mass is 395 g/mol. The van der Waals surface area contributed by atoms with E-state index in [1.165, 1.54) is 12.8 Å². The fraction of sp³-hybridized carbons (Fsp3) is 0.478. The minimum atomic E-state index is -0.722. The summed E-state index contributed by atoms with van der Waals surface area (Å²) in [6.07, 6.45) is 8.11. The maximum Gasteiger partial charge on any atom is 0.317 e. The third-order valence-electron chi connectivity index (χ3n) is 6.03. The predicted octanol–water partition coefficient (Wildman–Crippen LogP) is 3.17. The van der Waals surface area contributed by atoms with E-state index in [-0.39, 0.29) is 6.54 Å². The molecule has 6 nitrogen and oxygen atoms in total. The van der Waals surface area contributed by atoms with Gasteiger partial charge in [0, 0.05) is 43.1 Å². The van der Waals surface area contributed by atoms with Crippen LogP contribution < -0.4 is 10.1 Å². The van der Waals surface area contributed by atoms with Crippen LogP contribution in [0, 0.1) is 5.92 Å². The van der Waals surface area contributed by atoms with Gasteiger partial charge < -0.3 is 15.2 Å². The number of benzene rings is 1. The summed E-state index contributed by atoms with van der Waals surface area (Å²) in [5.74, 6) is 0.869. The molecule has 0 atom stereocenters. The molecule has 1 heterocycles. The number of ether oxygens (including phenoxy) is 1. The molecule has 2 fully saturated rings. The highest BCUT2D eigenvalue weighted by molar-refractivity contribution is 5.69. The Bertz CT molecular complexity index is 833. The number of carboxylic acids is 1. The first-order valence-corrected chi connectivity index (χ1v) is 10.4. The highest BCUT2D eigenvalue weighted by atomic mass is 16.5. The van der Waals surface area contributed by atoms with Gasteiger partial charge in [-0.2, -0.15) is 0 Å². The number of carboxylic acid groups (broad SMARTS) is 1. The van der Waals surface area contributed by atoms with Gasteiger partial charge >= 0.3 is 5.97 Å². The molecule has 1 aromatic carbocycles. The highest BCUT2D eigenvalue weighted by Gasteiger charge is 2.36. The molecule has 2 saturated carbocycles. The minimum absolute atomic E-state index is 0.162. The molecule has 0 aliphatic heterocycles. The lowest BCUT2D eigenvalue weighted by Gasteiger charge is -2.43. The first-order valence-electron chi connectivity index (χ1n) is 10.4. The number of rotatable bonds is 10. The lowest BCUT2D eigenvalue weighted by atomic mass is 9.85. The van der Waals surface area contributed by atoms with Crippen LogP contribution in [0.2, 0.25) is 0 Å². The molecule has 29 heavy (non-hydrogen) atoms. The van der Waals surface area contributed by atoms with E-state index in [0.717, 1.165) is 48.4 Å². The van der Waals surface area contributed by atoms with Gasteiger partial charge in [-0.15, -0.1) is 0 Å². The average molecular weight is 396 g/mol. The van der Waals surface area contributed by atoms with Gasteiger partial charge in [0.2, 0.25) is 0 Å². The summed E-state index contributed by atoms with van der Waals surface area (Å²) in [4.78, 5) is 17.5. The van der Waals surface area contributed by atoms with Gasteiger partial charge in [-0.25, -0.2) is 0 Å². The van der Waals surface area contributed by atoms with Crippen LogP contribution in [0.25, 0.3) is 11.1 Å². The first-order chi connectivity index (χ1) is 14.1. The maximum atomic E-state index is 11.2. The highest BCUT2D eigenvalue weighted by Crippen LogP contribution is 2.34. The third kappa shape index (κ3) is 5.14. The second-order valence-electron chi connectivity index (χ2n) is 8.23. The second kappa shape index (κ2) is 8.93. The van der Waals surface area contributed by atoms with Gasteiger partial charge in [0.25, 0.3) is 0 Å². The summed E-state index contributed by atoms with van der Waals surface area (Å²) in [6.45, 7) is 1.84. The van der Waals surface area contributed by atoms with Crippen LogP contribution in [0.15, 0.2) is 42.7 Å². The number of pyridine rings is 1. The van der Waals surface area contributed by atoms with Gasteiger partial charge in [-0.05, 0) is 67.0 Å². The number of nitrogens with one attached hydrogen (secondary N) is 1. The summed E-state index contributed by atoms with van der Waals surface area (Å²) >= 11 is 0. The lowest BCUT2D eigenvalue weighted by molar-refractivity contribution is -0.139. The number of carbonyl (C=O) groups is 1. The van der Waals surface area contributed by atoms with Crippen molar-refractivity contribution in [2.45, 2.75) is 44.3 Å². The zero-order chi connectivity index (χ0) is 20.2. The van der Waals surface area contributed by atoms with E-state index < -0.39 is 5.97 Å². The molecule has 1 aromatic heterocycles. The molecule has 0 amide bonds. The molecule has 4 rings (SSSR count). The molecular weight excluding hydrogens is 366 g/mol. The van der Waals surface area contributed by atoms with Gasteiger partial charge in [-0.1, -0.05) is 6.07 Å². The molecule has 0 unspecified atom stereocenters. The smallest absolute Gasteiger partial charge is 0.317 e. The van der Waals surface area contributed by atoms with Gasteiger partial charge in [-0.3, -0.25) is 14.7 Å². The molecule has 2 aromatic rings. The van der Waals surface area contributed by atoms with Crippen LogP contribution in [-0.2, 0) is 11.3 Å². The van der Waals surface area contributed by atoms with Crippen LogP contribution in [0.5, 0.6) is 5.75 Å². The Morgan fingerprint density at radius 3 is 2.62 bits per heavy atom. The minimum Gasteiger partial charge on any atom is -0.496 e. The standard InChI is InChI=1S/C23H29N3O3/c1-29-22-5-4-18(17-6-8-24-9-7-17)10-19(22)13-25-20-11-21(12-20)26(15-23(27)28)14-16-2-3-16/h4-10,16,20-21,25H,2-3,11-15H2,1H3,(H,27,28). The van der Waals surface area contributed by atoms with Crippen molar-refractivity contribution in [2.24, 2.45) is 5.92 Å². The van der Waals surface area contributed by atoms with E-state index in [9.17, 15) is 9.90 Å². The van der Waals surface area contributed by atoms with Crippen molar-refractivity contribution in [2.75, 3.05) is 20.2 Å². The fourth-order valence-electron chi connectivity index (χ4n) is 4.10. The van der Waals surface area contributed by atoms with Crippen LogP contribution in [0.3, 0.4) is 0 Å². The Morgan fingerprint density at radius 2 is 1.97 bits per heavy atom. The Labute approximate surface area is 171 Å². The largest absolute Gasteiger partial charge is 0.496 e. The molecule has 6 heteroatoms. The Morgan fingerprint density at radius 1 is 1.21 bits per heavy atom. The van der Waals surface area contributed by atoms with E-state index >= 15 is 0 Å². The molecular formula is C23H29N3O3. The molecule has 0 saturated heterocycles. The van der Waals surface area contributed by atoms with Crippen molar-refractivity contribution in [3.63, 3.8) is 0 Å². The number of hydrogen-bond acceptors (Lipinski definition) is 5. The molecule has 0 radical (unpaired) electrons. The average Bonchev–Trinajstić information content (AvgIpc) is 3.50. The summed E-state index contributed by atoms with van der Waals surface area (Å²) in [7, 11) is 1.70. The van der Waals surface area contributed by atoms with Crippen molar-refractivity contribution in [3.8, 4) is 16.9 Å². The van der Waals surface area contributed by atoms with Crippen LogP contribution >= 0.6 is 0 Å². The predicted molar refractivity (Wildman–Crippen MR) is 112 cm³/mol. The third-order valence-corrected chi connectivity index (χ3v) is 6.03. The van der Waals surface area contributed by atoms with Crippen molar-refractivity contribution in [1.29, 1.82) is 0 Å². The van der Waals surface area contributed by atoms with Crippen molar-refractivity contribution < 1.29 is 14.6 Å². The SMILES string of the molecule is COc1ccc(-c2ccncc2)cc1CNC1CC(N(CC(=O)O)CC2CC2)C1. The van der Waals surface area contributed by atoms with Crippen molar-refractivity contribution in [3.05, 3.63) is 48.3 Å². The molecule has 2 N–H and O–H groups in total. The molecule has 2 aliphatic carbocycles. The number of hydrogen-bond donors (Lipinski definition) is 2. The number of nitrogens with zero attached hydrogens (tertiary/aromatic N) is 2. The van der Waals surface area contributed by atoms with Gasteiger partial charge in [0.15, 0.2) is 0 Å². The zero-order valence-corrected chi connectivity index (χ0v) is 16.9. The number of aliphatic carboxylic acids is 1. The second-order valence-corrected chi connectivity index (χ2v) is 8.23. The van der Waals surface area contributed by atoms with E-state index in [2.05, 4.69) is 27.3 Å². The van der Waals surface area contributed by atoms with Crippen LogP contribution in [0.4, 0.5) is 0 Å². The molecule has 0 spiro atoms. The zero-order valence-electron chi connectivity index (χ0n) is 16.9. The normalized spacial score (nSPS) is 21.0. The quantitative estimate of drug-likeness (QED) is 0.644. The van der Waals surface area contributed by atoms with Crippen molar-refractivity contribution in [1.82, 2.24) is 15.2 Å². The maximum absolute atomic E-state index is 11.2. The fourth-order valence-corrected chi connectivity index (χ4v) is 4.10. The molecule has 2 aliphatic rings. The Hall–Kier alpha value is -2.44. The first kappa shape index (κ1) is 19.9. The van der Waals surface area contributed by atoms with Crippen LogP contribution in [0.1, 0.15) is 31.2 Å². The van der Waals surface area contributed by atoms with E-state index in [1.54, 1.807) is 19.5 Å². The van der Waals surface area contributed by atoms with E-state index in [4.69, 9.17) is 4.74 Å². The van der Waals surface area contributed by atoms with Crippen LogP contribution in [-0.4, -0.2) is 53.2 Å². The Balaban J connectivity index is 1.34. The summed E-state index contributed by atoms with van der Waals surface area (Å²) in [5, 5.41) is 12.8. The van der Waals surface area contributed by atoms with Crippen molar-refractivity contribution >= 4 is 5.97 Å². The van der Waals surface area contributed by atoms with Gasteiger partial charge in [0.1, 0.15) is 5.75 Å². The topological polar surface area (TPSA) is 74.7 Å². The summed E-state index contributed by atoms with van der Waals surface area (Å²) in [6, 6.07) is 11.1. The van der Waals surface area contributed by atoms with E-state index in [1.807, 2.05) is 18.2 Å². The molecule has 0 bridgehead atoms. The number of aromatic nitrogens is 1. The Kier molecular flexibility index (Phi) is 6.11. The van der Waals surface area contributed by atoms with E-state index in [0.29, 0.717) is 18.0 Å². The number of methoxy groups -OCH3 is 1. The molecule has 154 valence electrons. The lowest BCUT2D eigenvalue weighted by Crippen LogP contribution is -2.54.